The Bertz CT molecular complexity index is 1370. The zero-order valence-electron chi connectivity index (χ0n) is 18.0. The van der Waals surface area contributed by atoms with Crippen molar-refractivity contribution in [1.29, 1.82) is 0 Å². The number of carbonyl (C=O) groups is 2. The third-order valence-corrected chi connectivity index (χ3v) is 5.14. The molecule has 34 heavy (non-hydrogen) atoms. The second-order valence-corrected chi connectivity index (χ2v) is 7.63. The fourth-order valence-corrected chi connectivity index (χ4v) is 3.50. The number of hydrogen-bond acceptors (Lipinski definition) is 5. The molecular formula is C25H19ClFN3O4. The zero-order valence-corrected chi connectivity index (χ0v) is 18.7. The molecule has 0 saturated heterocycles. The number of rotatable bonds is 6. The Balaban J connectivity index is 1.44. The fraction of sp³-hybridized carbons (Fsp3) is 0.0800. The quantitative estimate of drug-likeness (QED) is 0.369. The number of nitrogens with zero attached hydrogens (tertiary/aromatic N) is 1. The first-order chi connectivity index (χ1) is 16.4. The summed E-state index contributed by atoms with van der Waals surface area (Å²) in [5.41, 5.74) is 1.48. The van der Waals surface area contributed by atoms with E-state index in [1.54, 1.807) is 42.5 Å². The van der Waals surface area contributed by atoms with Gasteiger partial charge < -0.3 is 14.8 Å². The van der Waals surface area contributed by atoms with E-state index in [1.165, 1.54) is 25.4 Å². The first kappa shape index (κ1) is 23.0. The molecule has 1 aromatic heterocycles. The normalized spacial score (nSPS) is 10.6. The van der Waals surface area contributed by atoms with Crippen molar-refractivity contribution >= 4 is 40.1 Å². The standard InChI is InChI=1S/C25H19ClFN3O4/c1-33-23-13-17-20(14-18(23)26)28-10-9-21(17)34-22-8-7-16(12-19(22)27)29-25(32)30-24(31)11-15-5-3-2-4-6-15/h2-10,12-14H,11H2,1H3,(H2,29,30,31,32). The maximum absolute atomic E-state index is 14.7. The molecule has 0 atom stereocenters. The van der Waals surface area contributed by atoms with E-state index < -0.39 is 17.8 Å². The number of urea groups is 1. The van der Waals surface area contributed by atoms with Crippen LogP contribution in [0.1, 0.15) is 5.56 Å². The summed E-state index contributed by atoms with van der Waals surface area (Å²) < 4.78 is 25.7. The summed E-state index contributed by atoms with van der Waals surface area (Å²) in [6, 6.07) is 17.0. The number of benzene rings is 3. The van der Waals surface area contributed by atoms with Crippen molar-refractivity contribution in [3.05, 3.63) is 89.3 Å². The lowest BCUT2D eigenvalue weighted by Crippen LogP contribution is -2.35. The van der Waals surface area contributed by atoms with Crippen LogP contribution in [0.5, 0.6) is 17.2 Å². The van der Waals surface area contributed by atoms with Crippen LogP contribution in [-0.2, 0) is 11.2 Å². The summed E-state index contributed by atoms with van der Waals surface area (Å²) in [5, 5.41) is 5.62. The lowest BCUT2D eigenvalue weighted by molar-refractivity contribution is -0.119. The van der Waals surface area contributed by atoms with Gasteiger partial charge in [0.05, 0.1) is 24.1 Å². The number of hydrogen-bond donors (Lipinski definition) is 2. The third-order valence-electron chi connectivity index (χ3n) is 4.85. The number of pyridine rings is 1. The van der Waals surface area contributed by atoms with Gasteiger partial charge in [0.2, 0.25) is 5.91 Å². The summed E-state index contributed by atoms with van der Waals surface area (Å²) in [5.74, 6) is -0.472. The average molecular weight is 480 g/mol. The molecule has 7 nitrogen and oxygen atoms in total. The molecule has 1 heterocycles. The summed E-state index contributed by atoms with van der Waals surface area (Å²) in [4.78, 5) is 28.4. The number of methoxy groups -OCH3 is 1. The monoisotopic (exact) mass is 479 g/mol. The second-order valence-electron chi connectivity index (χ2n) is 7.22. The highest BCUT2D eigenvalue weighted by Crippen LogP contribution is 2.36. The average Bonchev–Trinajstić information content (AvgIpc) is 2.81. The van der Waals surface area contributed by atoms with Gasteiger partial charge >= 0.3 is 6.03 Å². The Morgan fingerprint density at radius 3 is 2.53 bits per heavy atom. The highest BCUT2D eigenvalue weighted by atomic mass is 35.5. The maximum Gasteiger partial charge on any atom is 0.325 e. The SMILES string of the molecule is COc1cc2c(Oc3ccc(NC(=O)NC(=O)Cc4ccccc4)cc3F)ccnc2cc1Cl. The molecular weight excluding hydrogens is 461 g/mol. The Morgan fingerprint density at radius 1 is 1.00 bits per heavy atom. The molecule has 9 heteroatoms. The molecule has 0 aliphatic heterocycles. The molecule has 0 spiro atoms. The lowest BCUT2D eigenvalue weighted by atomic mass is 10.1. The van der Waals surface area contributed by atoms with Crippen molar-refractivity contribution in [2.45, 2.75) is 6.42 Å². The lowest BCUT2D eigenvalue weighted by Gasteiger charge is -2.12. The minimum atomic E-state index is -0.766. The van der Waals surface area contributed by atoms with Crippen LogP contribution in [0.3, 0.4) is 0 Å². The van der Waals surface area contributed by atoms with Gasteiger partial charge in [-0.1, -0.05) is 41.9 Å². The van der Waals surface area contributed by atoms with Crippen molar-refractivity contribution in [3.8, 4) is 17.2 Å². The van der Waals surface area contributed by atoms with Gasteiger partial charge in [-0.3, -0.25) is 15.1 Å². The minimum Gasteiger partial charge on any atom is -0.495 e. The fourth-order valence-electron chi connectivity index (χ4n) is 3.26. The van der Waals surface area contributed by atoms with Gasteiger partial charge in [-0.25, -0.2) is 9.18 Å². The molecule has 4 aromatic rings. The van der Waals surface area contributed by atoms with Crippen LogP contribution < -0.4 is 20.1 Å². The Kier molecular flexibility index (Phi) is 6.89. The maximum atomic E-state index is 14.7. The number of carbonyl (C=O) groups excluding carboxylic acids is 2. The predicted octanol–water partition coefficient (Wildman–Crippen LogP) is 5.72. The van der Waals surface area contributed by atoms with Crippen LogP contribution in [0.2, 0.25) is 5.02 Å². The molecule has 0 aliphatic carbocycles. The number of halogens is 2. The topological polar surface area (TPSA) is 89.5 Å². The molecule has 172 valence electrons. The molecule has 3 aromatic carbocycles. The van der Waals surface area contributed by atoms with Crippen LogP contribution in [0.25, 0.3) is 10.9 Å². The molecule has 3 amide bonds. The van der Waals surface area contributed by atoms with Crippen LogP contribution >= 0.6 is 11.6 Å². The number of aromatic nitrogens is 1. The zero-order chi connectivity index (χ0) is 24.1. The summed E-state index contributed by atoms with van der Waals surface area (Å²) >= 11 is 6.15. The molecule has 0 fully saturated rings. The number of anilines is 1. The smallest absolute Gasteiger partial charge is 0.325 e. The van der Waals surface area contributed by atoms with Crippen molar-refractivity contribution in [2.24, 2.45) is 0 Å². The minimum absolute atomic E-state index is 0.0469. The van der Waals surface area contributed by atoms with Gasteiger partial charge in [-0.15, -0.1) is 0 Å². The van der Waals surface area contributed by atoms with Gasteiger partial charge in [0.25, 0.3) is 0 Å². The van der Waals surface area contributed by atoms with Gasteiger partial charge in [0.15, 0.2) is 11.6 Å². The molecule has 0 radical (unpaired) electrons. The number of nitrogens with one attached hydrogen (secondary N) is 2. The van der Waals surface area contributed by atoms with Crippen molar-refractivity contribution in [2.75, 3.05) is 12.4 Å². The van der Waals surface area contributed by atoms with E-state index in [0.717, 1.165) is 11.6 Å². The van der Waals surface area contributed by atoms with E-state index in [2.05, 4.69) is 15.6 Å². The molecule has 0 unspecified atom stereocenters. The van der Waals surface area contributed by atoms with Crippen LogP contribution in [0.15, 0.2) is 72.9 Å². The van der Waals surface area contributed by atoms with E-state index in [1.807, 2.05) is 6.07 Å². The summed E-state index contributed by atoms with van der Waals surface area (Å²) in [7, 11) is 1.49. The largest absolute Gasteiger partial charge is 0.495 e. The highest BCUT2D eigenvalue weighted by Gasteiger charge is 2.14. The molecule has 2 N–H and O–H groups in total. The van der Waals surface area contributed by atoms with Crippen molar-refractivity contribution < 1.29 is 23.5 Å². The highest BCUT2D eigenvalue weighted by molar-refractivity contribution is 6.32. The third kappa shape index (κ3) is 5.41. The predicted molar refractivity (Wildman–Crippen MR) is 127 cm³/mol. The second kappa shape index (κ2) is 10.2. The molecule has 4 rings (SSSR count). The summed E-state index contributed by atoms with van der Waals surface area (Å²) in [6.45, 7) is 0. The Labute approximate surface area is 199 Å². The van der Waals surface area contributed by atoms with Crippen molar-refractivity contribution in [3.63, 3.8) is 0 Å². The first-order valence-electron chi connectivity index (χ1n) is 10.2. The number of imide groups is 1. The number of fused-ring (bicyclic) bond motifs is 1. The van der Waals surface area contributed by atoms with Crippen molar-refractivity contribution in [1.82, 2.24) is 10.3 Å². The van der Waals surface area contributed by atoms with E-state index >= 15 is 0 Å². The van der Waals surface area contributed by atoms with Gasteiger partial charge in [0, 0.05) is 23.3 Å². The van der Waals surface area contributed by atoms with Crippen LogP contribution in [0, 0.1) is 5.82 Å². The molecule has 0 saturated carbocycles. The summed E-state index contributed by atoms with van der Waals surface area (Å²) in [6.07, 6.45) is 1.57. The Hall–Kier alpha value is -4.17. The van der Waals surface area contributed by atoms with E-state index in [9.17, 15) is 14.0 Å². The van der Waals surface area contributed by atoms with Crippen LogP contribution in [0.4, 0.5) is 14.9 Å². The number of amides is 3. The van der Waals surface area contributed by atoms with E-state index in [-0.39, 0.29) is 17.9 Å². The van der Waals surface area contributed by atoms with Gasteiger partial charge in [-0.2, -0.15) is 0 Å². The van der Waals surface area contributed by atoms with E-state index in [4.69, 9.17) is 21.1 Å². The first-order valence-corrected chi connectivity index (χ1v) is 10.5. The number of ether oxygens (including phenoxy) is 2. The van der Waals surface area contributed by atoms with E-state index in [0.29, 0.717) is 27.4 Å². The molecule has 0 bridgehead atoms. The van der Waals surface area contributed by atoms with Gasteiger partial charge in [-0.05, 0) is 35.9 Å². The molecule has 0 aliphatic rings. The van der Waals surface area contributed by atoms with Crippen LogP contribution in [-0.4, -0.2) is 24.0 Å². The Morgan fingerprint density at radius 2 is 1.79 bits per heavy atom. The van der Waals surface area contributed by atoms with Gasteiger partial charge in [0.1, 0.15) is 11.5 Å².